The van der Waals surface area contributed by atoms with E-state index < -0.39 is 23.3 Å². The molecule has 1 atom stereocenters. The molecule has 0 saturated carbocycles. The van der Waals surface area contributed by atoms with Crippen LogP contribution in [0.1, 0.15) is 12.8 Å². The van der Waals surface area contributed by atoms with Crippen molar-refractivity contribution in [2.45, 2.75) is 24.9 Å². The second-order valence-electron chi connectivity index (χ2n) is 7.22. The summed E-state index contributed by atoms with van der Waals surface area (Å²) < 4.78 is 66.7. The lowest BCUT2D eigenvalue weighted by atomic mass is 9.99. The molecule has 0 spiro atoms. The number of anilines is 1. The number of hydrogen-bond donors (Lipinski definition) is 1. The van der Waals surface area contributed by atoms with Crippen LogP contribution in [0.2, 0.25) is 5.02 Å². The summed E-state index contributed by atoms with van der Waals surface area (Å²) in [6.45, 7) is 0.366. The molecule has 3 heterocycles. The van der Waals surface area contributed by atoms with Gasteiger partial charge in [-0.1, -0.05) is 16.7 Å². The monoisotopic (exact) mass is 521 g/mol. The maximum absolute atomic E-state index is 14.7. The van der Waals surface area contributed by atoms with E-state index in [0.717, 1.165) is 28.2 Å². The number of alkyl halides is 4. The van der Waals surface area contributed by atoms with E-state index in [1.165, 1.54) is 18.3 Å². The Morgan fingerprint density at radius 3 is 2.65 bits per heavy atom. The summed E-state index contributed by atoms with van der Waals surface area (Å²) in [5.74, 6) is -0.242. The third kappa shape index (κ3) is 5.93. The van der Waals surface area contributed by atoms with Crippen LogP contribution < -0.4 is 20.3 Å². The first kappa shape index (κ1) is 24.2. The molecule has 182 valence electrons. The van der Waals surface area contributed by atoms with E-state index in [-0.39, 0.29) is 39.9 Å². The highest BCUT2D eigenvalue weighted by Gasteiger charge is 2.33. The summed E-state index contributed by atoms with van der Waals surface area (Å²) in [4.78, 5) is 12.6. The predicted octanol–water partition coefficient (Wildman–Crippen LogP) is 4.36. The van der Waals surface area contributed by atoms with Crippen molar-refractivity contribution in [1.82, 2.24) is 20.0 Å². The number of nitrogens with zero attached hydrogens (tertiary/aromatic N) is 4. The van der Waals surface area contributed by atoms with Gasteiger partial charge in [0.15, 0.2) is 5.67 Å². The quantitative estimate of drug-likeness (QED) is 0.458. The van der Waals surface area contributed by atoms with Gasteiger partial charge >= 0.3 is 11.6 Å². The highest BCUT2D eigenvalue weighted by Crippen LogP contribution is 2.30. The van der Waals surface area contributed by atoms with Gasteiger partial charge in [-0.2, -0.15) is 9.78 Å². The molecule has 0 amide bonds. The number of hydrogen-bond acceptors (Lipinski definition) is 9. The second-order valence-corrected chi connectivity index (χ2v) is 8.52. The van der Waals surface area contributed by atoms with E-state index >= 15 is 0 Å². The number of aromatic nitrogens is 4. The highest BCUT2D eigenvalue weighted by atomic mass is 35.5. The summed E-state index contributed by atoms with van der Waals surface area (Å²) >= 11 is 7.00. The van der Waals surface area contributed by atoms with Crippen LogP contribution >= 0.6 is 22.9 Å². The number of halogens is 5. The molecule has 1 N–H and O–H groups in total. The third-order valence-corrected chi connectivity index (χ3v) is 5.77. The van der Waals surface area contributed by atoms with Gasteiger partial charge in [0.1, 0.15) is 16.5 Å². The molecule has 1 fully saturated rings. The molecule has 1 saturated heterocycles. The van der Waals surface area contributed by atoms with Crippen molar-refractivity contribution in [1.29, 1.82) is 0 Å². The van der Waals surface area contributed by atoms with Gasteiger partial charge in [-0.05, 0) is 48.4 Å². The molecule has 9 nitrogen and oxygen atoms in total. The Hall–Kier alpha value is -2.97. The highest BCUT2D eigenvalue weighted by molar-refractivity contribution is 7.15. The molecule has 0 bridgehead atoms. The van der Waals surface area contributed by atoms with E-state index in [1.807, 2.05) is 0 Å². The average Bonchev–Trinajstić information content (AvgIpc) is 3.24. The molecule has 34 heavy (non-hydrogen) atoms. The van der Waals surface area contributed by atoms with Crippen molar-refractivity contribution in [3.63, 3.8) is 0 Å². The fraction of sp³-hybridized carbons (Fsp3) is 0.368. The summed E-state index contributed by atoms with van der Waals surface area (Å²) in [6.07, 6.45) is -2.62. The number of nitrogens with one attached hydrogen (secondary N) is 1. The maximum Gasteiger partial charge on any atom is 0.573 e. The van der Waals surface area contributed by atoms with Crippen molar-refractivity contribution in [3.05, 3.63) is 45.8 Å². The van der Waals surface area contributed by atoms with Crippen LogP contribution in [0.4, 0.5) is 23.2 Å². The molecular weight excluding hydrogens is 506 g/mol. The van der Waals surface area contributed by atoms with Gasteiger partial charge in [0.05, 0.1) is 25.0 Å². The zero-order chi connectivity index (χ0) is 24.3. The van der Waals surface area contributed by atoms with Gasteiger partial charge in [-0.25, -0.2) is 4.39 Å². The minimum absolute atomic E-state index is 0.00295. The first-order chi connectivity index (χ1) is 16.1. The van der Waals surface area contributed by atoms with Gasteiger partial charge in [0.25, 0.3) is 5.56 Å². The minimum atomic E-state index is -4.80. The Morgan fingerprint density at radius 1 is 1.24 bits per heavy atom. The lowest BCUT2D eigenvalue weighted by Crippen LogP contribution is -2.40. The van der Waals surface area contributed by atoms with Crippen LogP contribution in [-0.4, -0.2) is 51.8 Å². The maximum atomic E-state index is 14.7. The number of rotatable bonds is 7. The van der Waals surface area contributed by atoms with Crippen LogP contribution in [0.15, 0.2) is 35.3 Å². The molecule has 2 aromatic heterocycles. The number of ether oxygens (including phenoxy) is 3. The molecular formula is C19H16ClF4N5O4S. The normalized spacial score (nSPS) is 18.5. The van der Waals surface area contributed by atoms with Crippen LogP contribution in [0.25, 0.3) is 5.13 Å². The van der Waals surface area contributed by atoms with Crippen molar-refractivity contribution in [2.24, 2.45) is 0 Å². The van der Waals surface area contributed by atoms with Gasteiger partial charge < -0.3 is 19.5 Å². The average molecular weight is 522 g/mol. The van der Waals surface area contributed by atoms with Crippen LogP contribution in [0.3, 0.4) is 0 Å². The first-order valence-electron chi connectivity index (χ1n) is 9.78. The molecule has 0 unspecified atom stereocenters. The zero-order valence-corrected chi connectivity index (χ0v) is 18.7. The van der Waals surface area contributed by atoms with E-state index in [1.54, 1.807) is 0 Å². The molecule has 0 aliphatic carbocycles. The second kappa shape index (κ2) is 9.72. The molecule has 1 aliphatic rings. The summed E-state index contributed by atoms with van der Waals surface area (Å²) in [5, 5.41) is 14.2. The van der Waals surface area contributed by atoms with Crippen molar-refractivity contribution in [2.75, 3.05) is 25.1 Å². The molecule has 0 radical (unpaired) electrons. The standard InChI is InChI=1S/C19H16ClF4N5O4S/c20-14-13(25-9-18(21)6-1-7-31-10-18)8-26-29(15(14)30)16-27-28-17(34-16)32-11-2-4-12(5-3-11)33-19(22,23)24/h2-5,8,25H,1,6-7,9-10H2/t18-/m0/s1. The van der Waals surface area contributed by atoms with Crippen LogP contribution in [0.5, 0.6) is 16.7 Å². The predicted molar refractivity (Wildman–Crippen MR) is 114 cm³/mol. The summed E-state index contributed by atoms with van der Waals surface area (Å²) in [7, 11) is 0. The lowest BCUT2D eigenvalue weighted by molar-refractivity contribution is -0.274. The van der Waals surface area contributed by atoms with Crippen LogP contribution in [-0.2, 0) is 4.74 Å². The molecule has 15 heteroatoms. The third-order valence-electron chi connectivity index (χ3n) is 4.63. The first-order valence-corrected chi connectivity index (χ1v) is 11.0. The fourth-order valence-electron chi connectivity index (χ4n) is 3.04. The van der Waals surface area contributed by atoms with Gasteiger partial charge in [-0.3, -0.25) is 4.79 Å². The SMILES string of the molecule is O=c1c(Cl)c(NC[C@@]2(F)CCCOC2)cnn1-c1nnc(Oc2ccc(OC(F)(F)F)cc2)s1. The molecule has 1 aromatic carbocycles. The smallest absolute Gasteiger partial charge is 0.430 e. The lowest BCUT2D eigenvalue weighted by Gasteiger charge is -2.29. The zero-order valence-electron chi connectivity index (χ0n) is 17.1. The Kier molecular flexibility index (Phi) is 6.91. The van der Waals surface area contributed by atoms with Crippen molar-refractivity contribution < 1.29 is 31.8 Å². The fourth-order valence-corrected chi connectivity index (χ4v) is 3.91. The van der Waals surface area contributed by atoms with E-state index in [2.05, 4.69) is 25.3 Å². The summed E-state index contributed by atoms with van der Waals surface area (Å²) in [5.41, 5.74) is -2.12. The van der Waals surface area contributed by atoms with E-state index in [0.29, 0.717) is 19.4 Å². The summed E-state index contributed by atoms with van der Waals surface area (Å²) in [6, 6.07) is 4.64. The van der Waals surface area contributed by atoms with E-state index in [4.69, 9.17) is 21.1 Å². The minimum Gasteiger partial charge on any atom is -0.430 e. The Bertz CT molecular complexity index is 1200. The topological polar surface area (TPSA) is 100 Å². The Morgan fingerprint density at radius 2 is 1.97 bits per heavy atom. The molecule has 3 aromatic rings. The van der Waals surface area contributed by atoms with E-state index in [9.17, 15) is 22.4 Å². The van der Waals surface area contributed by atoms with Crippen molar-refractivity contribution in [3.8, 4) is 21.8 Å². The molecule has 4 rings (SSSR count). The van der Waals surface area contributed by atoms with Gasteiger partial charge in [-0.15, -0.1) is 18.3 Å². The largest absolute Gasteiger partial charge is 0.573 e. The Balaban J connectivity index is 1.43. The van der Waals surface area contributed by atoms with Crippen molar-refractivity contribution >= 4 is 28.6 Å². The molecule has 1 aliphatic heterocycles. The Labute approximate surface area is 198 Å². The number of benzene rings is 1. The van der Waals surface area contributed by atoms with Crippen LogP contribution in [0, 0.1) is 0 Å². The van der Waals surface area contributed by atoms with Gasteiger partial charge in [0.2, 0.25) is 5.13 Å². The van der Waals surface area contributed by atoms with Gasteiger partial charge in [0, 0.05) is 6.61 Å².